The van der Waals surface area contributed by atoms with Gasteiger partial charge in [0.25, 0.3) is 0 Å². The number of ether oxygens (including phenoxy) is 1. The standard InChI is InChI=1S/C20H26FN3O3S/c1-16-15-17(7-8-20(16)27-2)28(25,26)22-9-10-23-11-13-24(14-12-23)19-6-4-3-5-18(19)21/h3-8,15,22H,9-14H2,1-2H3. The Kier molecular flexibility index (Phi) is 6.53. The summed E-state index contributed by atoms with van der Waals surface area (Å²) in [5.74, 6) is 0.449. The van der Waals surface area contributed by atoms with E-state index in [1.807, 2.05) is 17.9 Å². The van der Waals surface area contributed by atoms with Crippen molar-refractivity contribution >= 4 is 15.7 Å². The molecule has 1 aliphatic rings. The predicted octanol–water partition coefficient (Wildman–Crippen LogP) is 2.24. The maximum absolute atomic E-state index is 13.9. The van der Waals surface area contributed by atoms with Crippen LogP contribution in [0.3, 0.4) is 0 Å². The number of anilines is 1. The molecule has 0 aromatic heterocycles. The predicted molar refractivity (Wildman–Crippen MR) is 108 cm³/mol. The van der Waals surface area contributed by atoms with Crippen LogP contribution >= 0.6 is 0 Å². The van der Waals surface area contributed by atoms with Crippen molar-refractivity contribution in [3.8, 4) is 5.75 Å². The summed E-state index contributed by atoms with van der Waals surface area (Å²) in [5.41, 5.74) is 1.40. The number of methoxy groups -OCH3 is 1. The average Bonchev–Trinajstić information content (AvgIpc) is 2.69. The molecule has 0 atom stereocenters. The summed E-state index contributed by atoms with van der Waals surface area (Å²) < 4.78 is 46.7. The third-order valence-electron chi connectivity index (χ3n) is 4.96. The van der Waals surface area contributed by atoms with E-state index in [0.717, 1.165) is 18.7 Å². The molecule has 1 saturated heterocycles. The van der Waals surface area contributed by atoms with Crippen LogP contribution in [0.15, 0.2) is 47.4 Å². The quantitative estimate of drug-likeness (QED) is 0.763. The minimum atomic E-state index is -3.56. The number of nitrogens with zero attached hydrogens (tertiary/aromatic N) is 2. The molecule has 0 radical (unpaired) electrons. The number of hydrogen-bond acceptors (Lipinski definition) is 5. The lowest BCUT2D eigenvalue weighted by molar-refractivity contribution is 0.261. The Morgan fingerprint density at radius 3 is 2.46 bits per heavy atom. The van der Waals surface area contributed by atoms with Crippen molar-refractivity contribution in [1.82, 2.24) is 9.62 Å². The molecule has 0 unspecified atom stereocenters. The molecule has 3 rings (SSSR count). The number of nitrogens with one attached hydrogen (secondary N) is 1. The van der Waals surface area contributed by atoms with Gasteiger partial charge in [0.1, 0.15) is 11.6 Å². The number of hydrogen-bond donors (Lipinski definition) is 1. The van der Waals surface area contributed by atoms with E-state index in [1.165, 1.54) is 6.07 Å². The van der Waals surface area contributed by atoms with Crippen molar-refractivity contribution in [3.63, 3.8) is 0 Å². The zero-order valence-corrected chi connectivity index (χ0v) is 17.0. The number of sulfonamides is 1. The van der Waals surface area contributed by atoms with Gasteiger partial charge in [0.05, 0.1) is 17.7 Å². The SMILES string of the molecule is COc1ccc(S(=O)(=O)NCCN2CCN(c3ccccc3F)CC2)cc1C. The molecule has 2 aromatic carbocycles. The summed E-state index contributed by atoms with van der Waals surface area (Å²) in [5, 5.41) is 0. The maximum Gasteiger partial charge on any atom is 0.240 e. The first-order chi connectivity index (χ1) is 13.4. The molecule has 1 fully saturated rings. The molecule has 152 valence electrons. The average molecular weight is 408 g/mol. The lowest BCUT2D eigenvalue weighted by Gasteiger charge is -2.36. The van der Waals surface area contributed by atoms with Gasteiger partial charge >= 0.3 is 0 Å². The van der Waals surface area contributed by atoms with Gasteiger partial charge in [0.2, 0.25) is 10.0 Å². The van der Waals surface area contributed by atoms with Crippen LogP contribution in [0, 0.1) is 12.7 Å². The third kappa shape index (κ3) is 4.81. The molecular weight excluding hydrogens is 381 g/mol. The Morgan fingerprint density at radius 1 is 1.11 bits per heavy atom. The second-order valence-corrected chi connectivity index (χ2v) is 8.58. The highest BCUT2D eigenvalue weighted by atomic mass is 32.2. The number of para-hydroxylation sites is 1. The first-order valence-corrected chi connectivity index (χ1v) is 10.7. The fourth-order valence-electron chi connectivity index (χ4n) is 3.36. The third-order valence-corrected chi connectivity index (χ3v) is 6.42. The molecule has 0 bridgehead atoms. The van der Waals surface area contributed by atoms with Gasteiger partial charge in [0, 0.05) is 39.3 Å². The lowest BCUT2D eigenvalue weighted by atomic mass is 10.2. The molecular formula is C20H26FN3O3S. The normalized spacial score (nSPS) is 15.6. The fraction of sp³-hybridized carbons (Fsp3) is 0.400. The molecule has 0 amide bonds. The molecule has 28 heavy (non-hydrogen) atoms. The van der Waals surface area contributed by atoms with Crippen molar-refractivity contribution in [2.45, 2.75) is 11.8 Å². The zero-order chi connectivity index (χ0) is 20.1. The number of aryl methyl sites for hydroxylation is 1. The van der Waals surface area contributed by atoms with Crippen LogP contribution in [-0.4, -0.2) is 59.7 Å². The molecule has 1 heterocycles. The Morgan fingerprint density at radius 2 is 1.82 bits per heavy atom. The van der Waals surface area contributed by atoms with E-state index < -0.39 is 10.0 Å². The van der Waals surface area contributed by atoms with Gasteiger partial charge in [-0.2, -0.15) is 0 Å². The summed E-state index contributed by atoms with van der Waals surface area (Å²) in [6.07, 6.45) is 0. The van der Waals surface area contributed by atoms with E-state index >= 15 is 0 Å². The number of halogens is 1. The van der Waals surface area contributed by atoms with Crippen molar-refractivity contribution in [3.05, 3.63) is 53.8 Å². The van der Waals surface area contributed by atoms with Gasteiger partial charge in [-0.15, -0.1) is 0 Å². The molecule has 0 spiro atoms. The highest BCUT2D eigenvalue weighted by molar-refractivity contribution is 7.89. The van der Waals surface area contributed by atoms with Crippen molar-refractivity contribution < 1.29 is 17.5 Å². The first-order valence-electron chi connectivity index (χ1n) is 9.27. The van der Waals surface area contributed by atoms with E-state index in [-0.39, 0.29) is 10.7 Å². The fourth-order valence-corrected chi connectivity index (χ4v) is 4.47. The van der Waals surface area contributed by atoms with Crippen molar-refractivity contribution in [1.29, 1.82) is 0 Å². The largest absolute Gasteiger partial charge is 0.496 e. The minimum absolute atomic E-state index is 0.210. The molecule has 2 aromatic rings. The second-order valence-electron chi connectivity index (χ2n) is 6.81. The molecule has 8 heteroatoms. The Hall–Kier alpha value is -2.16. The summed E-state index contributed by atoms with van der Waals surface area (Å²) >= 11 is 0. The summed E-state index contributed by atoms with van der Waals surface area (Å²) in [6, 6.07) is 11.6. The van der Waals surface area contributed by atoms with Crippen LogP contribution in [-0.2, 0) is 10.0 Å². The topological polar surface area (TPSA) is 61.9 Å². The van der Waals surface area contributed by atoms with Gasteiger partial charge in [-0.05, 0) is 42.8 Å². The zero-order valence-electron chi connectivity index (χ0n) is 16.2. The van der Waals surface area contributed by atoms with Gasteiger partial charge in [0.15, 0.2) is 0 Å². The lowest BCUT2D eigenvalue weighted by Crippen LogP contribution is -2.48. The molecule has 1 N–H and O–H groups in total. The van der Waals surface area contributed by atoms with E-state index in [2.05, 4.69) is 9.62 Å². The minimum Gasteiger partial charge on any atom is -0.496 e. The number of benzene rings is 2. The number of rotatable bonds is 7. The van der Waals surface area contributed by atoms with Crippen LogP contribution in [0.5, 0.6) is 5.75 Å². The van der Waals surface area contributed by atoms with Gasteiger partial charge in [-0.3, -0.25) is 4.90 Å². The van der Waals surface area contributed by atoms with Gasteiger partial charge < -0.3 is 9.64 Å². The Balaban J connectivity index is 1.49. The van der Waals surface area contributed by atoms with Crippen LogP contribution in [0.4, 0.5) is 10.1 Å². The summed E-state index contributed by atoms with van der Waals surface area (Å²) in [7, 11) is -2.00. The van der Waals surface area contributed by atoms with Crippen molar-refractivity contribution in [2.75, 3.05) is 51.3 Å². The first kappa shape index (κ1) is 20.6. The van der Waals surface area contributed by atoms with E-state index in [4.69, 9.17) is 4.74 Å². The van der Waals surface area contributed by atoms with Crippen LogP contribution in [0.25, 0.3) is 0 Å². The summed E-state index contributed by atoms with van der Waals surface area (Å²) in [6.45, 7) is 5.70. The van der Waals surface area contributed by atoms with Crippen LogP contribution in [0.2, 0.25) is 0 Å². The van der Waals surface area contributed by atoms with Gasteiger partial charge in [-0.25, -0.2) is 17.5 Å². The van der Waals surface area contributed by atoms with E-state index in [0.29, 0.717) is 37.6 Å². The summed E-state index contributed by atoms with van der Waals surface area (Å²) in [4.78, 5) is 4.44. The smallest absolute Gasteiger partial charge is 0.240 e. The highest BCUT2D eigenvalue weighted by Crippen LogP contribution is 2.22. The molecule has 6 nitrogen and oxygen atoms in total. The highest BCUT2D eigenvalue weighted by Gasteiger charge is 2.20. The van der Waals surface area contributed by atoms with Crippen LogP contribution in [0.1, 0.15) is 5.56 Å². The van der Waals surface area contributed by atoms with Crippen molar-refractivity contribution in [2.24, 2.45) is 0 Å². The van der Waals surface area contributed by atoms with E-state index in [1.54, 1.807) is 37.4 Å². The van der Waals surface area contributed by atoms with Crippen LogP contribution < -0.4 is 14.4 Å². The van der Waals surface area contributed by atoms with Gasteiger partial charge in [-0.1, -0.05) is 12.1 Å². The monoisotopic (exact) mass is 407 g/mol. The Bertz CT molecular complexity index is 913. The Labute approximate surface area is 166 Å². The molecule has 0 saturated carbocycles. The molecule has 1 aliphatic heterocycles. The number of piperazine rings is 1. The maximum atomic E-state index is 13.9. The second kappa shape index (κ2) is 8.89. The van der Waals surface area contributed by atoms with E-state index in [9.17, 15) is 12.8 Å². The molecule has 0 aliphatic carbocycles.